The van der Waals surface area contributed by atoms with Gasteiger partial charge in [0.1, 0.15) is 5.82 Å². The van der Waals surface area contributed by atoms with E-state index in [1.165, 1.54) is 37.7 Å². The molecule has 0 saturated heterocycles. The lowest BCUT2D eigenvalue weighted by Gasteiger charge is -2.26. The number of benzene rings is 1. The summed E-state index contributed by atoms with van der Waals surface area (Å²) >= 11 is 0. The zero-order valence-electron chi connectivity index (χ0n) is 12.2. The first-order valence-corrected chi connectivity index (χ1v) is 7.69. The van der Waals surface area contributed by atoms with Gasteiger partial charge in [-0.1, -0.05) is 38.3 Å². The number of rotatable bonds is 4. The molecule has 0 heterocycles. The Bertz CT molecular complexity index is 402. The van der Waals surface area contributed by atoms with E-state index in [4.69, 9.17) is 0 Å². The lowest BCUT2D eigenvalue weighted by Crippen LogP contribution is -2.26. The molecule has 2 atom stereocenters. The van der Waals surface area contributed by atoms with Gasteiger partial charge in [-0.05, 0) is 61.9 Å². The van der Waals surface area contributed by atoms with Crippen LogP contribution in [0.4, 0.5) is 4.39 Å². The quantitative estimate of drug-likeness (QED) is 0.794. The Morgan fingerprint density at radius 3 is 2.74 bits per heavy atom. The Morgan fingerprint density at radius 2 is 2.00 bits per heavy atom. The van der Waals surface area contributed by atoms with Crippen molar-refractivity contribution in [2.75, 3.05) is 13.1 Å². The van der Waals surface area contributed by atoms with Crippen molar-refractivity contribution in [3.05, 3.63) is 35.1 Å². The first-order chi connectivity index (χ1) is 9.22. The molecular formula is C17H26FN. The van der Waals surface area contributed by atoms with Crippen LogP contribution >= 0.6 is 0 Å². The molecule has 2 heteroatoms. The van der Waals surface area contributed by atoms with Crippen molar-refractivity contribution in [2.24, 2.45) is 5.92 Å². The molecular weight excluding hydrogens is 237 g/mol. The van der Waals surface area contributed by atoms with Gasteiger partial charge in [0.25, 0.3) is 0 Å². The lowest BCUT2D eigenvalue weighted by molar-refractivity contribution is 0.378. The maximum absolute atomic E-state index is 13.4. The van der Waals surface area contributed by atoms with Crippen LogP contribution in [0.15, 0.2) is 18.2 Å². The highest BCUT2D eigenvalue weighted by Crippen LogP contribution is 2.36. The van der Waals surface area contributed by atoms with E-state index in [9.17, 15) is 4.39 Å². The van der Waals surface area contributed by atoms with Crippen molar-refractivity contribution in [3.63, 3.8) is 0 Å². The normalized spacial score (nSPS) is 24.2. The summed E-state index contributed by atoms with van der Waals surface area (Å²) in [5, 5.41) is 3.50. The largest absolute Gasteiger partial charge is 0.317 e. The summed E-state index contributed by atoms with van der Waals surface area (Å²) in [6, 6.07) is 5.70. The molecule has 0 amide bonds. The minimum absolute atomic E-state index is 0.0828. The average Bonchev–Trinajstić information content (AvgIpc) is 2.65. The second-order valence-electron chi connectivity index (χ2n) is 5.82. The van der Waals surface area contributed by atoms with Crippen LogP contribution in [0.25, 0.3) is 0 Å². The van der Waals surface area contributed by atoms with Crippen LogP contribution in [-0.2, 0) is 0 Å². The molecule has 0 radical (unpaired) electrons. The molecule has 1 aliphatic rings. The SMILES string of the molecule is CCNCC1CCCCCC1c1ccc(F)c(C)c1. The fourth-order valence-corrected chi connectivity index (χ4v) is 3.30. The topological polar surface area (TPSA) is 12.0 Å². The second-order valence-corrected chi connectivity index (χ2v) is 5.82. The van der Waals surface area contributed by atoms with Crippen molar-refractivity contribution >= 4 is 0 Å². The number of nitrogens with one attached hydrogen (secondary N) is 1. The Hall–Kier alpha value is -0.890. The predicted octanol–water partition coefficient (Wildman–Crippen LogP) is 4.41. The van der Waals surface area contributed by atoms with Gasteiger partial charge in [-0.25, -0.2) is 4.39 Å². The zero-order valence-corrected chi connectivity index (χ0v) is 12.2. The molecule has 1 saturated carbocycles. The Kier molecular flexibility index (Phi) is 5.38. The van der Waals surface area contributed by atoms with Crippen molar-refractivity contribution in [1.82, 2.24) is 5.32 Å². The smallest absolute Gasteiger partial charge is 0.126 e. The van der Waals surface area contributed by atoms with Crippen molar-refractivity contribution in [3.8, 4) is 0 Å². The van der Waals surface area contributed by atoms with Crippen molar-refractivity contribution < 1.29 is 4.39 Å². The summed E-state index contributed by atoms with van der Waals surface area (Å²) in [4.78, 5) is 0. The van der Waals surface area contributed by atoms with Gasteiger partial charge in [-0.2, -0.15) is 0 Å². The fourth-order valence-electron chi connectivity index (χ4n) is 3.30. The van der Waals surface area contributed by atoms with E-state index in [1.54, 1.807) is 6.07 Å². The molecule has 19 heavy (non-hydrogen) atoms. The molecule has 1 fully saturated rings. The van der Waals surface area contributed by atoms with Gasteiger partial charge in [0, 0.05) is 0 Å². The number of hydrogen-bond donors (Lipinski definition) is 1. The van der Waals surface area contributed by atoms with Crippen molar-refractivity contribution in [2.45, 2.75) is 51.9 Å². The maximum Gasteiger partial charge on any atom is 0.126 e. The number of hydrogen-bond acceptors (Lipinski definition) is 1. The van der Waals surface area contributed by atoms with E-state index in [2.05, 4.69) is 18.3 Å². The van der Waals surface area contributed by atoms with Gasteiger partial charge in [0.05, 0.1) is 0 Å². The summed E-state index contributed by atoms with van der Waals surface area (Å²) in [6.07, 6.45) is 6.55. The minimum Gasteiger partial charge on any atom is -0.317 e. The van der Waals surface area contributed by atoms with Crippen LogP contribution in [0.5, 0.6) is 0 Å². The average molecular weight is 263 g/mol. The third-order valence-electron chi connectivity index (χ3n) is 4.43. The molecule has 1 aromatic rings. The maximum atomic E-state index is 13.4. The minimum atomic E-state index is -0.0828. The number of halogens is 1. The van der Waals surface area contributed by atoms with E-state index in [0.29, 0.717) is 11.8 Å². The third kappa shape index (κ3) is 3.79. The third-order valence-corrected chi connectivity index (χ3v) is 4.43. The summed E-state index contributed by atoms with van der Waals surface area (Å²) in [6.45, 7) is 6.16. The Morgan fingerprint density at radius 1 is 1.21 bits per heavy atom. The van der Waals surface area contributed by atoms with E-state index in [1.807, 2.05) is 13.0 Å². The molecule has 1 aromatic carbocycles. The highest BCUT2D eigenvalue weighted by atomic mass is 19.1. The summed E-state index contributed by atoms with van der Waals surface area (Å²) in [5.74, 6) is 1.22. The lowest BCUT2D eigenvalue weighted by atomic mass is 9.82. The Balaban J connectivity index is 2.18. The molecule has 2 rings (SSSR count). The molecule has 1 N–H and O–H groups in total. The first kappa shape index (κ1) is 14.5. The zero-order chi connectivity index (χ0) is 13.7. The van der Waals surface area contributed by atoms with Crippen molar-refractivity contribution in [1.29, 1.82) is 0 Å². The highest BCUT2D eigenvalue weighted by Gasteiger charge is 2.25. The van der Waals surface area contributed by atoms with Gasteiger partial charge >= 0.3 is 0 Å². The molecule has 106 valence electrons. The number of aryl methyl sites for hydroxylation is 1. The van der Waals surface area contributed by atoms with E-state index < -0.39 is 0 Å². The van der Waals surface area contributed by atoms with E-state index >= 15 is 0 Å². The van der Waals surface area contributed by atoms with Gasteiger partial charge in [0.15, 0.2) is 0 Å². The van der Waals surface area contributed by atoms with Crippen LogP contribution in [0.3, 0.4) is 0 Å². The monoisotopic (exact) mass is 263 g/mol. The van der Waals surface area contributed by atoms with Gasteiger partial charge in [-0.3, -0.25) is 0 Å². The standard InChI is InChI=1S/C17H26FN/c1-3-19-12-15-7-5-4-6-8-16(15)14-9-10-17(18)13(2)11-14/h9-11,15-16,19H,3-8,12H2,1-2H3. The van der Waals surface area contributed by atoms with Crippen LogP contribution < -0.4 is 5.32 Å². The van der Waals surface area contributed by atoms with Gasteiger partial charge in [0.2, 0.25) is 0 Å². The van der Waals surface area contributed by atoms with Gasteiger partial charge < -0.3 is 5.32 Å². The summed E-state index contributed by atoms with van der Waals surface area (Å²) in [5.41, 5.74) is 2.12. The summed E-state index contributed by atoms with van der Waals surface area (Å²) < 4.78 is 13.4. The highest BCUT2D eigenvalue weighted by molar-refractivity contribution is 5.27. The fraction of sp³-hybridized carbons (Fsp3) is 0.647. The van der Waals surface area contributed by atoms with Gasteiger partial charge in [-0.15, -0.1) is 0 Å². The molecule has 0 aliphatic heterocycles. The molecule has 1 aliphatic carbocycles. The molecule has 0 aromatic heterocycles. The van der Waals surface area contributed by atoms with E-state index in [-0.39, 0.29) is 5.82 Å². The summed E-state index contributed by atoms with van der Waals surface area (Å²) in [7, 11) is 0. The second kappa shape index (κ2) is 7.04. The van der Waals surface area contributed by atoms with Crippen LogP contribution in [0.1, 0.15) is 56.1 Å². The molecule has 1 nitrogen and oxygen atoms in total. The van der Waals surface area contributed by atoms with Crippen LogP contribution in [0, 0.1) is 18.7 Å². The Labute approximate surface area is 116 Å². The molecule has 2 unspecified atom stereocenters. The predicted molar refractivity (Wildman–Crippen MR) is 79.0 cm³/mol. The molecule has 0 bridgehead atoms. The van der Waals surface area contributed by atoms with Crippen LogP contribution in [-0.4, -0.2) is 13.1 Å². The van der Waals surface area contributed by atoms with Crippen LogP contribution in [0.2, 0.25) is 0 Å². The van der Waals surface area contributed by atoms with E-state index in [0.717, 1.165) is 18.7 Å². The first-order valence-electron chi connectivity index (χ1n) is 7.69. The molecule has 0 spiro atoms.